The highest BCUT2D eigenvalue weighted by molar-refractivity contribution is 5.73. The minimum Gasteiger partial charge on any atom is -0.466 e. The summed E-state index contributed by atoms with van der Waals surface area (Å²) in [6.07, 6.45) is 11.9. The van der Waals surface area contributed by atoms with Crippen LogP contribution >= 0.6 is 0 Å². The van der Waals surface area contributed by atoms with Crippen LogP contribution in [0.1, 0.15) is 64.7 Å². The molecule has 1 amide bonds. The lowest BCUT2D eigenvalue weighted by Crippen LogP contribution is -2.41. The number of carbonyl (C=O) groups is 1. The van der Waals surface area contributed by atoms with Crippen molar-refractivity contribution in [3.63, 3.8) is 0 Å². The number of ether oxygens (including phenoxy) is 2. The number of carbonyl (C=O) groups excluding carboxylic acids is 1. The fourth-order valence-corrected chi connectivity index (χ4v) is 4.04. The van der Waals surface area contributed by atoms with Gasteiger partial charge in [0.15, 0.2) is 0 Å². The molecule has 2 aliphatic rings. The van der Waals surface area contributed by atoms with Gasteiger partial charge in [-0.25, -0.2) is 0 Å². The highest BCUT2D eigenvalue weighted by Crippen LogP contribution is 2.29. The minimum atomic E-state index is -0.723. The SMILES string of the molecule is CCN(C)/C(=C\N(C)CCCCCCC(N)=O)C1=CC=C(O[C@H]2OC(CO)CCC2O)CC1. The summed E-state index contributed by atoms with van der Waals surface area (Å²) in [5.41, 5.74) is 7.63. The third-order valence-corrected chi connectivity index (χ3v) is 6.25. The van der Waals surface area contributed by atoms with Crippen molar-refractivity contribution < 1.29 is 24.5 Å². The highest BCUT2D eigenvalue weighted by Gasteiger charge is 2.32. The maximum Gasteiger partial charge on any atom is 0.225 e. The Morgan fingerprint density at radius 2 is 1.97 bits per heavy atom. The van der Waals surface area contributed by atoms with Crippen LogP contribution in [0.5, 0.6) is 0 Å². The Morgan fingerprint density at radius 3 is 2.61 bits per heavy atom. The molecule has 8 heteroatoms. The number of hydrogen-bond acceptors (Lipinski definition) is 7. The molecule has 1 saturated heterocycles. The second-order valence-electron chi connectivity index (χ2n) is 9.04. The first kappa shape index (κ1) is 27.2. The lowest BCUT2D eigenvalue weighted by molar-refractivity contribution is -0.230. The van der Waals surface area contributed by atoms with Crippen LogP contribution in [0.15, 0.2) is 35.4 Å². The zero-order chi connectivity index (χ0) is 24.2. The highest BCUT2D eigenvalue weighted by atomic mass is 16.7. The number of allylic oxidation sites excluding steroid dienone is 4. The average molecular weight is 466 g/mol. The van der Waals surface area contributed by atoms with E-state index < -0.39 is 12.4 Å². The Labute approximate surface area is 198 Å². The van der Waals surface area contributed by atoms with Crippen LogP contribution in [-0.2, 0) is 14.3 Å². The largest absolute Gasteiger partial charge is 0.466 e. The van der Waals surface area contributed by atoms with E-state index in [0.717, 1.165) is 57.4 Å². The fraction of sp³-hybridized carbons (Fsp3) is 0.720. The number of aliphatic hydroxyl groups excluding tert-OH is 2. The van der Waals surface area contributed by atoms with Gasteiger partial charge >= 0.3 is 0 Å². The average Bonchev–Trinajstić information content (AvgIpc) is 2.81. The van der Waals surface area contributed by atoms with E-state index in [-0.39, 0.29) is 18.6 Å². The number of primary amides is 1. The Morgan fingerprint density at radius 1 is 1.21 bits per heavy atom. The van der Waals surface area contributed by atoms with Crippen molar-refractivity contribution in [1.82, 2.24) is 9.80 Å². The van der Waals surface area contributed by atoms with Gasteiger partial charge in [-0.1, -0.05) is 18.9 Å². The molecule has 188 valence electrons. The van der Waals surface area contributed by atoms with Gasteiger partial charge in [-0.3, -0.25) is 4.79 Å². The molecule has 0 aromatic heterocycles. The van der Waals surface area contributed by atoms with Crippen LogP contribution in [0.2, 0.25) is 0 Å². The summed E-state index contributed by atoms with van der Waals surface area (Å²) in [4.78, 5) is 15.3. The summed E-state index contributed by atoms with van der Waals surface area (Å²) in [5.74, 6) is 0.576. The number of amides is 1. The van der Waals surface area contributed by atoms with Gasteiger partial charge < -0.3 is 35.2 Å². The normalized spacial score (nSPS) is 23.5. The maximum absolute atomic E-state index is 10.8. The molecule has 2 rings (SSSR count). The van der Waals surface area contributed by atoms with Crippen LogP contribution in [0.4, 0.5) is 0 Å². The smallest absolute Gasteiger partial charge is 0.225 e. The second kappa shape index (κ2) is 14.3. The molecule has 3 atom stereocenters. The van der Waals surface area contributed by atoms with Gasteiger partial charge in [-0.2, -0.15) is 0 Å². The zero-order valence-corrected chi connectivity index (χ0v) is 20.5. The van der Waals surface area contributed by atoms with Crippen molar-refractivity contribution in [1.29, 1.82) is 0 Å². The number of unbranched alkanes of at least 4 members (excludes halogenated alkanes) is 3. The van der Waals surface area contributed by atoms with Crippen LogP contribution in [0.3, 0.4) is 0 Å². The van der Waals surface area contributed by atoms with Crippen molar-refractivity contribution in [2.45, 2.75) is 83.2 Å². The molecule has 0 aromatic carbocycles. The van der Waals surface area contributed by atoms with Crippen LogP contribution in [0, 0.1) is 0 Å². The number of nitrogens with two attached hydrogens (primary N) is 1. The van der Waals surface area contributed by atoms with Crippen molar-refractivity contribution >= 4 is 5.91 Å². The number of rotatable bonds is 14. The van der Waals surface area contributed by atoms with Gasteiger partial charge in [0.1, 0.15) is 11.9 Å². The first-order valence-corrected chi connectivity index (χ1v) is 12.3. The zero-order valence-electron chi connectivity index (χ0n) is 20.5. The molecule has 0 radical (unpaired) electrons. The molecule has 0 bridgehead atoms. The van der Waals surface area contributed by atoms with E-state index in [1.54, 1.807) is 0 Å². The summed E-state index contributed by atoms with van der Waals surface area (Å²) >= 11 is 0. The molecule has 0 saturated carbocycles. The number of nitrogens with zero attached hydrogens (tertiary/aromatic N) is 2. The number of aliphatic hydroxyl groups is 2. The molecule has 1 aliphatic heterocycles. The third-order valence-electron chi connectivity index (χ3n) is 6.25. The molecular weight excluding hydrogens is 422 g/mol. The van der Waals surface area contributed by atoms with Gasteiger partial charge in [0.25, 0.3) is 0 Å². The van der Waals surface area contributed by atoms with Crippen molar-refractivity contribution in [2.24, 2.45) is 5.73 Å². The van der Waals surface area contributed by atoms with Gasteiger partial charge in [0.05, 0.1) is 18.4 Å². The molecule has 2 unspecified atom stereocenters. The Kier molecular flexibility index (Phi) is 11.8. The molecule has 1 fully saturated rings. The van der Waals surface area contributed by atoms with Crippen LogP contribution < -0.4 is 5.73 Å². The first-order valence-electron chi connectivity index (χ1n) is 12.3. The first-order chi connectivity index (χ1) is 15.8. The van der Waals surface area contributed by atoms with Crippen molar-refractivity contribution in [3.8, 4) is 0 Å². The lowest BCUT2D eigenvalue weighted by Gasteiger charge is -2.34. The molecule has 8 nitrogen and oxygen atoms in total. The van der Waals surface area contributed by atoms with E-state index in [4.69, 9.17) is 15.2 Å². The second-order valence-corrected chi connectivity index (χ2v) is 9.04. The van der Waals surface area contributed by atoms with E-state index in [0.29, 0.717) is 19.3 Å². The van der Waals surface area contributed by atoms with Crippen LogP contribution in [-0.4, -0.2) is 78.2 Å². The molecule has 1 aliphatic carbocycles. The third kappa shape index (κ3) is 9.39. The van der Waals surface area contributed by atoms with Gasteiger partial charge in [-0.15, -0.1) is 0 Å². The standard InChI is InChI=1S/C25H43N3O5/c1-4-28(3)22(17-27(2)16-8-6-5-7-9-24(26)31)19-10-12-20(13-11-19)32-25-23(30)15-14-21(18-29)33-25/h10,12,17,21,23,25,29-30H,4-9,11,13-16,18H2,1-3H3,(H2,26,31)/b22-17-/t21?,23?,25-/m0/s1. The molecular formula is C25H43N3O5. The Hall–Kier alpha value is -2.03. The maximum atomic E-state index is 10.8. The van der Waals surface area contributed by atoms with Gasteiger partial charge in [-0.05, 0) is 50.7 Å². The van der Waals surface area contributed by atoms with E-state index in [1.165, 1.54) is 11.3 Å². The van der Waals surface area contributed by atoms with Crippen molar-refractivity contribution in [3.05, 3.63) is 35.4 Å². The van der Waals surface area contributed by atoms with E-state index >= 15 is 0 Å². The topological polar surface area (TPSA) is 108 Å². The quantitative estimate of drug-likeness (QED) is 0.338. The molecule has 0 spiro atoms. The molecule has 1 heterocycles. The summed E-state index contributed by atoms with van der Waals surface area (Å²) in [7, 11) is 4.20. The lowest BCUT2D eigenvalue weighted by atomic mass is 10.00. The number of likely N-dealkylation sites (N-methyl/N-ethyl adjacent to an activating group) is 1. The predicted octanol–water partition coefficient (Wildman–Crippen LogP) is 2.63. The summed E-state index contributed by atoms with van der Waals surface area (Å²) in [5, 5.41) is 19.5. The molecule has 33 heavy (non-hydrogen) atoms. The van der Waals surface area contributed by atoms with E-state index in [9.17, 15) is 15.0 Å². The van der Waals surface area contributed by atoms with Gasteiger partial charge in [0.2, 0.25) is 12.2 Å². The monoisotopic (exact) mass is 465 g/mol. The fourth-order valence-electron chi connectivity index (χ4n) is 4.04. The van der Waals surface area contributed by atoms with Crippen LogP contribution in [0.25, 0.3) is 0 Å². The summed E-state index contributed by atoms with van der Waals surface area (Å²) in [6.45, 7) is 3.94. The molecule has 0 aromatic rings. The Bertz CT molecular complexity index is 706. The van der Waals surface area contributed by atoms with E-state index in [1.807, 2.05) is 6.08 Å². The van der Waals surface area contributed by atoms with E-state index in [2.05, 4.69) is 43.1 Å². The van der Waals surface area contributed by atoms with Crippen molar-refractivity contribution in [2.75, 3.05) is 33.8 Å². The predicted molar refractivity (Wildman–Crippen MR) is 129 cm³/mol. The Balaban J connectivity index is 1.93. The minimum absolute atomic E-state index is 0.0614. The van der Waals surface area contributed by atoms with Gasteiger partial charge in [0, 0.05) is 46.2 Å². The summed E-state index contributed by atoms with van der Waals surface area (Å²) < 4.78 is 11.6. The molecule has 4 N–H and O–H groups in total. The summed E-state index contributed by atoms with van der Waals surface area (Å²) in [6, 6.07) is 0. The number of hydrogen-bond donors (Lipinski definition) is 3.